The summed E-state index contributed by atoms with van der Waals surface area (Å²) in [6.45, 7) is 7.10. The van der Waals surface area contributed by atoms with Gasteiger partial charge in [0.2, 0.25) is 11.8 Å². The molecular weight excluding hydrogens is 208 g/mol. The van der Waals surface area contributed by atoms with E-state index in [2.05, 4.69) is 5.32 Å². The normalized spacial score (nSPS) is 10.3. The second-order valence-corrected chi connectivity index (χ2v) is 4.08. The molecule has 0 aliphatic rings. The molecule has 0 aromatic rings. The maximum absolute atomic E-state index is 11.4. The molecule has 0 aliphatic carbocycles. The fourth-order valence-corrected chi connectivity index (χ4v) is 0.977. The van der Waals surface area contributed by atoms with Gasteiger partial charge in [0.1, 0.15) is 6.61 Å². The van der Waals surface area contributed by atoms with Crippen LogP contribution in [-0.4, -0.2) is 50.1 Å². The summed E-state index contributed by atoms with van der Waals surface area (Å²) in [4.78, 5) is 24.2. The van der Waals surface area contributed by atoms with Crippen LogP contribution in [0.15, 0.2) is 0 Å². The zero-order valence-electron chi connectivity index (χ0n) is 10.6. The number of carbonyl (C=O) groups is 2. The molecule has 0 aromatic carbocycles. The van der Waals surface area contributed by atoms with Crippen LogP contribution in [-0.2, 0) is 14.3 Å². The van der Waals surface area contributed by atoms with Crippen molar-refractivity contribution in [2.24, 2.45) is 5.92 Å². The molecule has 0 saturated heterocycles. The van der Waals surface area contributed by atoms with Crippen molar-refractivity contribution in [3.63, 3.8) is 0 Å². The first-order valence-electron chi connectivity index (χ1n) is 5.55. The molecule has 5 nitrogen and oxygen atoms in total. The van der Waals surface area contributed by atoms with Crippen molar-refractivity contribution >= 4 is 11.8 Å². The summed E-state index contributed by atoms with van der Waals surface area (Å²) in [5.74, 6) is 0.0935. The maximum atomic E-state index is 11.4. The first-order valence-corrected chi connectivity index (χ1v) is 5.55. The molecule has 0 aliphatic heterocycles. The number of rotatable bonds is 7. The third kappa shape index (κ3) is 7.23. The molecule has 16 heavy (non-hydrogen) atoms. The van der Waals surface area contributed by atoms with E-state index in [1.807, 2.05) is 20.8 Å². The Labute approximate surface area is 97.1 Å². The van der Waals surface area contributed by atoms with E-state index in [1.54, 1.807) is 7.05 Å². The number of nitrogens with one attached hydrogen (secondary N) is 1. The zero-order chi connectivity index (χ0) is 12.6. The van der Waals surface area contributed by atoms with Gasteiger partial charge in [-0.05, 0) is 12.8 Å². The van der Waals surface area contributed by atoms with E-state index in [-0.39, 0.29) is 25.0 Å². The van der Waals surface area contributed by atoms with Crippen LogP contribution in [0.4, 0.5) is 0 Å². The van der Waals surface area contributed by atoms with Crippen LogP contribution < -0.4 is 5.32 Å². The average Bonchev–Trinajstić information content (AvgIpc) is 2.22. The Bertz CT molecular complexity index is 229. The highest BCUT2D eigenvalue weighted by Gasteiger charge is 2.12. The molecule has 1 N–H and O–H groups in total. The van der Waals surface area contributed by atoms with Gasteiger partial charge in [0.25, 0.3) is 0 Å². The van der Waals surface area contributed by atoms with Crippen molar-refractivity contribution in [2.45, 2.75) is 20.8 Å². The molecule has 0 spiro atoms. The van der Waals surface area contributed by atoms with Gasteiger partial charge >= 0.3 is 0 Å². The fourth-order valence-electron chi connectivity index (χ4n) is 0.977. The molecule has 0 saturated carbocycles. The number of likely N-dealkylation sites (N-methyl/N-ethyl adjacent to an activating group) is 1. The molecule has 0 rings (SSSR count). The Kier molecular flexibility index (Phi) is 7.54. The number of carbonyl (C=O) groups excluding carboxylic acids is 2. The van der Waals surface area contributed by atoms with E-state index in [9.17, 15) is 9.59 Å². The number of nitrogens with zero attached hydrogens (tertiary/aromatic N) is 1. The third-order valence-electron chi connectivity index (χ3n) is 1.94. The molecule has 94 valence electrons. The predicted octanol–water partition coefficient (Wildman–Crippen LogP) is 0.254. The molecule has 0 radical (unpaired) electrons. The van der Waals surface area contributed by atoms with Gasteiger partial charge in [-0.1, -0.05) is 13.8 Å². The minimum atomic E-state index is -0.179. The van der Waals surface area contributed by atoms with E-state index in [0.717, 1.165) is 0 Å². The largest absolute Gasteiger partial charge is 0.372 e. The van der Waals surface area contributed by atoms with E-state index >= 15 is 0 Å². The highest BCUT2D eigenvalue weighted by molar-refractivity contribution is 5.85. The Hall–Kier alpha value is -1.10. The molecule has 0 unspecified atom stereocenters. The van der Waals surface area contributed by atoms with Crippen molar-refractivity contribution in [1.82, 2.24) is 10.2 Å². The van der Waals surface area contributed by atoms with Crippen molar-refractivity contribution in [3.05, 3.63) is 0 Å². The first kappa shape index (κ1) is 14.9. The molecule has 0 heterocycles. The number of hydrogen-bond acceptors (Lipinski definition) is 3. The van der Waals surface area contributed by atoms with Crippen LogP contribution in [0.3, 0.4) is 0 Å². The van der Waals surface area contributed by atoms with Crippen molar-refractivity contribution in [1.29, 1.82) is 0 Å². The number of ether oxygens (including phenoxy) is 1. The molecular formula is C11H22N2O3. The monoisotopic (exact) mass is 230 g/mol. The van der Waals surface area contributed by atoms with Gasteiger partial charge in [0.05, 0.1) is 6.54 Å². The number of hydrogen-bond donors (Lipinski definition) is 1. The van der Waals surface area contributed by atoms with Gasteiger partial charge in [0, 0.05) is 20.2 Å². The predicted molar refractivity (Wildman–Crippen MR) is 62.0 cm³/mol. The van der Waals surface area contributed by atoms with Gasteiger partial charge in [0.15, 0.2) is 0 Å². The molecule has 0 aromatic heterocycles. The minimum Gasteiger partial charge on any atom is -0.372 e. The van der Waals surface area contributed by atoms with Crippen LogP contribution >= 0.6 is 0 Å². The smallest absolute Gasteiger partial charge is 0.248 e. The summed E-state index contributed by atoms with van der Waals surface area (Å²) in [5.41, 5.74) is 0. The van der Waals surface area contributed by atoms with E-state index in [4.69, 9.17) is 4.74 Å². The second kappa shape index (κ2) is 8.10. The summed E-state index contributed by atoms with van der Waals surface area (Å²) >= 11 is 0. The van der Waals surface area contributed by atoms with Crippen LogP contribution in [0.1, 0.15) is 20.8 Å². The summed E-state index contributed by atoms with van der Waals surface area (Å²) in [7, 11) is 1.59. The van der Waals surface area contributed by atoms with Crippen LogP contribution in [0.5, 0.6) is 0 Å². The lowest BCUT2D eigenvalue weighted by Crippen LogP contribution is -2.40. The maximum Gasteiger partial charge on any atom is 0.248 e. The topological polar surface area (TPSA) is 58.6 Å². The molecule has 0 atom stereocenters. The molecule has 2 amide bonds. The van der Waals surface area contributed by atoms with Crippen LogP contribution in [0.25, 0.3) is 0 Å². The molecule has 5 heteroatoms. The van der Waals surface area contributed by atoms with Crippen molar-refractivity contribution < 1.29 is 14.3 Å². The van der Waals surface area contributed by atoms with Crippen molar-refractivity contribution in [2.75, 3.05) is 33.4 Å². The Balaban J connectivity index is 3.80. The summed E-state index contributed by atoms with van der Waals surface area (Å²) in [5, 5.41) is 2.75. The third-order valence-corrected chi connectivity index (χ3v) is 1.94. The van der Waals surface area contributed by atoms with E-state index < -0.39 is 0 Å². The molecule has 0 bridgehead atoms. The van der Waals surface area contributed by atoms with E-state index in [0.29, 0.717) is 19.1 Å². The number of amides is 2. The first-order chi connectivity index (χ1) is 7.47. The summed E-state index contributed by atoms with van der Waals surface area (Å²) in [6, 6.07) is 0. The van der Waals surface area contributed by atoms with E-state index in [1.165, 1.54) is 4.90 Å². The second-order valence-electron chi connectivity index (χ2n) is 4.08. The van der Waals surface area contributed by atoms with Gasteiger partial charge < -0.3 is 15.0 Å². The Morgan fingerprint density at radius 3 is 2.50 bits per heavy atom. The van der Waals surface area contributed by atoms with Gasteiger partial charge in [-0.15, -0.1) is 0 Å². The molecule has 0 fully saturated rings. The van der Waals surface area contributed by atoms with Crippen LogP contribution in [0.2, 0.25) is 0 Å². The van der Waals surface area contributed by atoms with Gasteiger partial charge in [-0.3, -0.25) is 9.59 Å². The lowest BCUT2D eigenvalue weighted by atomic mass is 10.2. The van der Waals surface area contributed by atoms with Crippen molar-refractivity contribution in [3.8, 4) is 0 Å². The highest BCUT2D eigenvalue weighted by atomic mass is 16.5. The summed E-state index contributed by atoms with van der Waals surface area (Å²) in [6.07, 6.45) is 0. The quantitative estimate of drug-likeness (QED) is 0.682. The summed E-state index contributed by atoms with van der Waals surface area (Å²) < 4.78 is 4.97. The lowest BCUT2D eigenvalue weighted by Gasteiger charge is -2.17. The average molecular weight is 230 g/mol. The Morgan fingerprint density at radius 1 is 1.38 bits per heavy atom. The zero-order valence-corrected chi connectivity index (χ0v) is 10.6. The lowest BCUT2D eigenvalue weighted by molar-refractivity contribution is -0.138. The minimum absolute atomic E-state index is 0.0322. The van der Waals surface area contributed by atoms with Gasteiger partial charge in [-0.25, -0.2) is 0 Å². The van der Waals surface area contributed by atoms with Crippen LogP contribution in [0, 0.1) is 5.92 Å². The van der Waals surface area contributed by atoms with Gasteiger partial charge in [-0.2, -0.15) is 0 Å². The SMILES string of the molecule is CCOCC(=O)N(C)CC(=O)NCC(C)C. The highest BCUT2D eigenvalue weighted by Crippen LogP contribution is 1.89. The Morgan fingerprint density at radius 2 is 2.00 bits per heavy atom. The fraction of sp³-hybridized carbons (Fsp3) is 0.818. The standard InChI is InChI=1S/C11H22N2O3/c1-5-16-8-11(15)13(4)7-10(14)12-6-9(2)3/h9H,5-8H2,1-4H3,(H,12,14).